The highest BCUT2D eigenvalue weighted by Crippen LogP contribution is 2.27. The Morgan fingerprint density at radius 2 is 1.80 bits per heavy atom. The van der Waals surface area contributed by atoms with E-state index in [2.05, 4.69) is 10.6 Å². The maximum Gasteiger partial charge on any atom is 0.418 e. The van der Waals surface area contributed by atoms with Crippen LogP contribution in [0.25, 0.3) is 0 Å². The standard InChI is InChI=1S/C17H24N2O10S/c1-17(2)8-28-15(26)16(27)29-12(17)13(23)19-4-3-10(20)18-5-6-30-9(14(24)25)7-11(21)22/h9,12H,3-8H2,1-2H3,(H,18,20)(H,19,23)(H,21,22)(H,24,25)/t9?,12-/m0/s1. The number of amides is 2. The molecule has 1 fully saturated rings. The molecule has 2 amide bonds. The molecule has 0 aromatic rings. The molecule has 1 aliphatic heterocycles. The van der Waals surface area contributed by atoms with Gasteiger partial charge in [-0.25, -0.2) is 9.59 Å². The maximum absolute atomic E-state index is 12.3. The minimum atomic E-state index is -1.27. The van der Waals surface area contributed by atoms with Crippen molar-refractivity contribution in [1.82, 2.24) is 10.6 Å². The van der Waals surface area contributed by atoms with Crippen molar-refractivity contribution in [2.75, 3.05) is 25.4 Å². The van der Waals surface area contributed by atoms with Crippen LogP contribution in [0.4, 0.5) is 0 Å². The molecule has 0 radical (unpaired) electrons. The van der Waals surface area contributed by atoms with Crippen molar-refractivity contribution < 1.29 is 48.5 Å². The van der Waals surface area contributed by atoms with Crippen molar-refractivity contribution in [2.24, 2.45) is 5.41 Å². The van der Waals surface area contributed by atoms with Crippen molar-refractivity contribution in [3.05, 3.63) is 0 Å². The van der Waals surface area contributed by atoms with Gasteiger partial charge in [-0.1, -0.05) is 13.8 Å². The average Bonchev–Trinajstić information content (AvgIpc) is 2.74. The van der Waals surface area contributed by atoms with Crippen LogP contribution in [0.2, 0.25) is 0 Å². The first kappa shape index (κ1) is 25.2. The van der Waals surface area contributed by atoms with Gasteiger partial charge in [-0.15, -0.1) is 11.8 Å². The van der Waals surface area contributed by atoms with Gasteiger partial charge in [-0.3, -0.25) is 19.2 Å². The third-order valence-corrected chi connectivity index (χ3v) is 5.16. The van der Waals surface area contributed by atoms with Crippen LogP contribution in [0.3, 0.4) is 0 Å². The number of esters is 2. The average molecular weight is 448 g/mol. The number of aliphatic carboxylic acids is 2. The third-order valence-electron chi connectivity index (χ3n) is 3.94. The van der Waals surface area contributed by atoms with Crippen molar-refractivity contribution >= 4 is 47.5 Å². The lowest BCUT2D eigenvalue weighted by atomic mass is 9.87. The van der Waals surface area contributed by atoms with E-state index in [0.717, 1.165) is 11.8 Å². The topological polar surface area (TPSA) is 185 Å². The highest BCUT2D eigenvalue weighted by atomic mass is 32.2. The van der Waals surface area contributed by atoms with Crippen LogP contribution in [-0.4, -0.2) is 82.7 Å². The van der Waals surface area contributed by atoms with E-state index in [1.807, 2.05) is 0 Å². The van der Waals surface area contributed by atoms with Gasteiger partial charge in [-0.05, 0) is 0 Å². The highest BCUT2D eigenvalue weighted by molar-refractivity contribution is 8.00. The Kier molecular flexibility index (Phi) is 9.56. The van der Waals surface area contributed by atoms with Crippen LogP contribution < -0.4 is 10.6 Å². The number of carboxylic acids is 2. The number of hydrogen-bond acceptors (Lipinski definition) is 9. The molecule has 0 bridgehead atoms. The van der Waals surface area contributed by atoms with Crippen LogP contribution in [0.15, 0.2) is 0 Å². The van der Waals surface area contributed by atoms with Gasteiger partial charge in [0.1, 0.15) is 11.9 Å². The third kappa shape index (κ3) is 8.27. The van der Waals surface area contributed by atoms with Gasteiger partial charge in [0.25, 0.3) is 5.91 Å². The van der Waals surface area contributed by atoms with E-state index in [0.29, 0.717) is 0 Å². The van der Waals surface area contributed by atoms with Crippen molar-refractivity contribution in [1.29, 1.82) is 0 Å². The molecule has 0 aromatic heterocycles. The summed E-state index contributed by atoms with van der Waals surface area (Å²) in [7, 11) is 0. The summed E-state index contributed by atoms with van der Waals surface area (Å²) in [5.41, 5.74) is -0.956. The molecule has 1 rings (SSSR count). The highest BCUT2D eigenvalue weighted by Gasteiger charge is 2.44. The van der Waals surface area contributed by atoms with Gasteiger partial charge in [0.15, 0.2) is 6.10 Å². The predicted octanol–water partition coefficient (Wildman–Crippen LogP) is -1.24. The van der Waals surface area contributed by atoms with E-state index in [9.17, 15) is 28.8 Å². The van der Waals surface area contributed by atoms with Crippen molar-refractivity contribution in [3.63, 3.8) is 0 Å². The zero-order valence-electron chi connectivity index (χ0n) is 16.5. The summed E-state index contributed by atoms with van der Waals surface area (Å²) in [6.45, 7) is 3.04. The van der Waals surface area contributed by atoms with Gasteiger partial charge in [-0.2, -0.15) is 0 Å². The second-order valence-corrected chi connectivity index (χ2v) is 8.35. The first-order chi connectivity index (χ1) is 13.9. The Labute approximate surface area is 176 Å². The molecule has 4 N–H and O–H groups in total. The molecular formula is C17H24N2O10S. The molecule has 13 heteroatoms. The van der Waals surface area contributed by atoms with Crippen LogP contribution >= 0.6 is 11.8 Å². The first-order valence-corrected chi connectivity index (χ1v) is 9.97. The predicted molar refractivity (Wildman–Crippen MR) is 101 cm³/mol. The summed E-state index contributed by atoms with van der Waals surface area (Å²) in [4.78, 5) is 68.4. The fourth-order valence-electron chi connectivity index (χ4n) is 2.36. The van der Waals surface area contributed by atoms with Crippen molar-refractivity contribution in [3.8, 4) is 0 Å². The molecule has 0 aliphatic carbocycles. The molecule has 2 atom stereocenters. The summed E-state index contributed by atoms with van der Waals surface area (Å²) in [6.07, 6.45) is -1.89. The van der Waals surface area contributed by atoms with Crippen LogP contribution in [0.5, 0.6) is 0 Å². The Morgan fingerprint density at radius 1 is 1.13 bits per heavy atom. The molecule has 1 unspecified atom stereocenters. The van der Waals surface area contributed by atoms with Crippen LogP contribution in [0.1, 0.15) is 26.7 Å². The number of thioether (sulfide) groups is 1. The second-order valence-electron chi connectivity index (χ2n) is 7.04. The smallest absolute Gasteiger partial charge is 0.418 e. The largest absolute Gasteiger partial charge is 0.481 e. The Hall–Kier alpha value is -2.83. The number of rotatable bonds is 11. The van der Waals surface area contributed by atoms with Gasteiger partial charge >= 0.3 is 23.9 Å². The maximum atomic E-state index is 12.3. The Morgan fingerprint density at radius 3 is 2.40 bits per heavy atom. The number of nitrogens with one attached hydrogen (secondary N) is 2. The van der Waals surface area contributed by atoms with E-state index in [-0.39, 0.29) is 31.9 Å². The fraction of sp³-hybridized carbons (Fsp3) is 0.647. The van der Waals surface area contributed by atoms with Crippen LogP contribution in [-0.2, 0) is 38.2 Å². The normalized spacial score (nSPS) is 18.9. The molecule has 1 heterocycles. The Bertz CT molecular complexity index is 709. The molecule has 0 saturated carbocycles. The minimum absolute atomic E-state index is 0.0620. The lowest BCUT2D eigenvalue weighted by Gasteiger charge is -2.28. The summed E-state index contributed by atoms with van der Waals surface area (Å²) in [5.74, 6) is -5.81. The summed E-state index contributed by atoms with van der Waals surface area (Å²) in [6, 6.07) is 0. The van der Waals surface area contributed by atoms with Gasteiger partial charge in [0.2, 0.25) is 5.91 Å². The molecule has 0 aromatic carbocycles. The van der Waals surface area contributed by atoms with Crippen molar-refractivity contribution in [2.45, 2.75) is 38.0 Å². The fourth-order valence-corrected chi connectivity index (χ4v) is 3.26. The number of hydrogen-bond donors (Lipinski definition) is 4. The number of carboxylic acid groups (broad SMARTS) is 2. The zero-order chi connectivity index (χ0) is 22.9. The van der Waals surface area contributed by atoms with Gasteiger partial charge in [0, 0.05) is 30.7 Å². The van der Waals surface area contributed by atoms with E-state index in [4.69, 9.17) is 19.7 Å². The number of carbonyl (C=O) groups excluding carboxylic acids is 4. The molecule has 168 valence electrons. The van der Waals surface area contributed by atoms with E-state index >= 15 is 0 Å². The second kappa shape index (κ2) is 11.4. The van der Waals surface area contributed by atoms with Crippen LogP contribution in [0, 0.1) is 5.41 Å². The number of ether oxygens (including phenoxy) is 2. The molecule has 1 aliphatic rings. The van der Waals surface area contributed by atoms with Gasteiger partial charge < -0.3 is 30.3 Å². The quantitative estimate of drug-likeness (QED) is 0.168. The van der Waals surface area contributed by atoms with Gasteiger partial charge in [0.05, 0.1) is 6.42 Å². The molecule has 1 saturated heterocycles. The minimum Gasteiger partial charge on any atom is -0.481 e. The SMILES string of the molecule is CC1(C)COC(=O)C(=O)O[C@H]1C(=O)NCCC(=O)NCCSC(CC(=O)O)C(=O)O. The lowest BCUT2D eigenvalue weighted by molar-refractivity contribution is -0.168. The summed E-state index contributed by atoms with van der Waals surface area (Å²) in [5, 5.41) is 21.4. The summed E-state index contributed by atoms with van der Waals surface area (Å²) >= 11 is 0.897. The Balaban J connectivity index is 2.35. The molecule has 0 spiro atoms. The number of carbonyl (C=O) groups is 6. The zero-order valence-corrected chi connectivity index (χ0v) is 17.3. The first-order valence-electron chi connectivity index (χ1n) is 8.92. The van der Waals surface area contributed by atoms with E-state index in [1.165, 1.54) is 0 Å². The monoisotopic (exact) mass is 448 g/mol. The molecular weight excluding hydrogens is 424 g/mol. The molecule has 30 heavy (non-hydrogen) atoms. The lowest BCUT2D eigenvalue weighted by Crippen LogP contribution is -2.47. The van der Waals surface area contributed by atoms with E-state index < -0.39 is 58.9 Å². The van der Waals surface area contributed by atoms with E-state index in [1.54, 1.807) is 13.8 Å². The number of cyclic esters (lactones) is 2. The summed E-state index contributed by atoms with van der Waals surface area (Å²) < 4.78 is 9.62. The molecule has 12 nitrogen and oxygen atoms in total.